The van der Waals surface area contributed by atoms with Crippen LogP contribution in [0.5, 0.6) is 0 Å². The van der Waals surface area contributed by atoms with Gasteiger partial charge in [0.15, 0.2) is 10.8 Å². The van der Waals surface area contributed by atoms with Crippen molar-refractivity contribution in [3.63, 3.8) is 0 Å². The lowest BCUT2D eigenvalue weighted by molar-refractivity contribution is 0.103. The highest BCUT2D eigenvalue weighted by Crippen LogP contribution is 2.28. The lowest BCUT2D eigenvalue weighted by Crippen LogP contribution is -2.01. The number of rotatable bonds is 5. The summed E-state index contributed by atoms with van der Waals surface area (Å²) in [5.41, 5.74) is 1.12. The second-order valence-electron chi connectivity index (χ2n) is 5.58. The highest BCUT2D eigenvalue weighted by atomic mass is 32.1. The molecular formula is C17H13FN4O3S. The number of aromatic nitrogens is 4. The van der Waals surface area contributed by atoms with Crippen molar-refractivity contribution in [2.45, 2.75) is 13.7 Å². The molecule has 7 nitrogen and oxygen atoms in total. The lowest BCUT2D eigenvalue weighted by Gasteiger charge is -2.03. The lowest BCUT2D eigenvalue weighted by atomic mass is 10.1. The molecule has 132 valence electrons. The van der Waals surface area contributed by atoms with Crippen molar-refractivity contribution in [1.29, 1.82) is 0 Å². The van der Waals surface area contributed by atoms with E-state index in [1.54, 1.807) is 35.2 Å². The van der Waals surface area contributed by atoms with Crippen molar-refractivity contribution in [3.05, 3.63) is 52.0 Å². The molecule has 3 aromatic heterocycles. The first-order chi connectivity index (χ1) is 12.6. The molecule has 0 aliphatic carbocycles. The van der Waals surface area contributed by atoms with Crippen LogP contribution in [0.1, 0.15) is 21.2 Å². The maximum Gasteiger partial charge on any atom is 0.277 e. The van der Waals surface area contributed by atoms with Crippen molar-refractivity contribution in [1.82, 2.24) is 19.7 Å². The molecule has 0 unspecified atom stereocenters. The van der Waals surface area contributed by atoms with E-state index in [0.29, 0.717) is 28.0 Å². The topological polar surface area (TPSA) is 83.0 Å². The summed E-state index contributed by atoms with van der Waals surface area (Å²) in [4.78, 5) is 21.3. The number of hydrogen-bond donors (Lipinski definition) is 0. The van der Waals surface area contributed by atoms with Crippen LogP contribution in [0.15, 0.2) is 34.3 Å². The van der Waals surface area contributed by atoms with Gasteiger partial charge in [0.2, 0.25) is 5.78 Å². The third-order valence-electron chi connectivity index (χ3n) is 3.81. The Morgan fingerprint density at radius 1 is 1.38 bits per heavy atom. The molecule has 0 amide bonds. The van der Waals surface area contributed by atoms with Gasteiger partial charge in [0.05, 0.1) is 11.1 Å². The van der Waals surface area contributed by atoms with Crippen LogP contribution in [0.4, 0.5) is 4.39 Å². The molecule has 0 atom stereocenters. The fourth-order valence-corrected chi connectivity index (χ4v) is 3.47. The first-order valence-electron chi connectivity index (χ1n) is 7.65. The molecule has 0 saturated carbocycles. The fraction of sp³-hybridized carbons (Fsp3) is 0.176. The average molecular weight is 372 g/mol. The number of thiazole rings is 1. The number of carbonyl (C=O) groups excluding carboxylic acids is 1. The van der Waals surface area contributed by atoms with Crippen LogP contribution in [-0.2, 0) is 11.5 Å². The van der Waals surface area contributed by atoms with Gasteiger partial charge in [-0.15, -0.1) is 11.3 Å². The van der Waals surface area contributed by atoms with Crippen molar-refractivity contribution in [2.24, 2.45) is 0 Å². The molecule has 3 heterocycles. The number of ether oxygens (including phenoxy) is 1. The molecule has 0 spiro atoms. The van der Waals surface area contributed by atoms with Crippen LogP contribution in [0.25, 0.3) is 22.5 Å². The van der Waals surface area contributed by atoms with Gasteiger partial charge < -0.3 is 13.8 Å². The molecule has 26 heavy (non-hydrogen) atoms. The second-order valence-corrected chi connectivity index (χ2v) is 6.44. The van der Waals surface area contributed by atoms with E-state index in [1.807, 2.05) is 0 Å². The van der Waals surface area contributed by atoms with E-state index < -0.39 is 5.82 Å². The van der Waals surface area contributed by atoms with Crippen LogP contribution >= 0.6 is 11.3 Å². The van der Waals surface area contributed by atoms with Gasteiger partial charge in [-0.2, -0.15) is 4.98 Å². The Balaban J connectivity index is 1.77. The van der Waals surface area contributed by atoms with Crippen LogP contribution < -0.4 is 0 Å². The molecule has 0 aliphatic heterocycles. The standard InChI is InChI=1S/C17H13FN4O3S/c1-9-19-16(25-21-9)13-7-26-17(20-13)15(23)11-6-22(8-24-2)14-10(11)4-3-5-12(14)18/h3-7H,8H2,1-2H3. The van der Waals surface area contributed by atoms with Gasteiger partial charge >= 0.3 is 0 Å². The van der Waals surface area contributed by atoms with Gasteiger partial charge in [-0.05, 0) is 13.0 Å². The molecule has 4 aromatic rings. The zero-order valence-electron chi connectivity index (χ0n) is 13.9. The number of fused-ring (bicyclic) bond motifs is 1. The highest BCUT2D eigenvalue weighted by Gasteiger charge is 2.22. The predicted molar refractivity (Wildman–Crippen MR) is 92.5 cm³/mol. The van der Waals surface area contributed by atoms with Gasteiger partial charge in [-0.3, -0.25) is 4.79 Å². The number of aryl methyl sites for hydroxylation is 1. The minimum Gasteiger partial charge on any atom is -0.364 e. The Kier molecular flexibility index (Phi) is 4.09. The van der Waals surface area contributed by atoms with Crippen molar-refractivity contribution >= 4 is 28.0 Å². The maximum absolute atomic E-state index is 14.2. The molecule has 9 heteroatoms. The summed E-state index contributed by atoms with van der Waals surface area (Å²) in [5, 5.41) is 6.16. The van der Waals surface area contributed by atoms with Gasteiger partial charge in [0.1, 0.15) is 18.2 Å². The Morgan fingerprint density at radius 3 is 2.96 bits per heavy atom. The molecule has 1 aromatic carbocycles. The SMILES string of the molecule is COCn1cc(C(=O)c2nc(-c3nc(C)no3)cs2)c2cccc(F)c21. The maximum atomic E-state index is 14.2. The van der Waals surface area contributed by atoms with E-state index in [-0.39, 0.29) is 23.4 Å². The zero-order chi connectivity index (χ0) is 18.3. The first kappa shape index (κ1) is 16.6. The minimum atomic E-state index is -0.417. The summed E-state index contributed by atoms with van der Waals surface area (Å²) in [5.74, 6) is 0.0207. The summed E-state index contributed by atoms with van der Waals surface area (Å²) < 4.78 is 26.0. The number of para-hydroxylation sites is 1. The second kappa shape index (κ2) is 6.43. The minimum absolute atomic E-state index is 0.134. The number of benzene rings is 1. The summed E-state index contributed by atoms with van der Waals surface area (Å²) >= 11 is 1.17. The normalized spacial score (nSPS) is 11.3. The number of ketones is 1. The predicted octanol–water partition coefficient (Wildman–Crippen LogP) is 3.43. The molecule has 0 bridgehead atoms. The van der Waals surface area contributed by atoms with E-state index in [1.165, 1.54) is 24.5 Å². The smallest absolute Gasteiger partial charge is 0.277 e. The summed E-state index contributed by atoms with van der Waals surface area (Å²) in [7, 11) is 1.51. The third-order valence-corrected chi connectivity index (χ3v) is 4.65. The quantitative estimate of drug-likeness (QED) is 0.499. The largest absolute Gasteiger partial charge is 0.364 e. The first-order valence-corrected chi connectivity index (χ1v) is 8.53. The Hall–Kier alpha value is -2.91. The Labute approximate surface area is 151 Å². The van der Waals surface area contributed by atoms with Crippen molar-refractivity contribution < 1.29 is 18.4 Å². The van der Waals surface area contributed by atoms with Crippen LogP contribution in [-0.4, -0.2) is 32.6 Å². The van der Waals surface area contributed by atoms with E-state index in [0.717, 1.165) is 0 Å². The Morgan fingerprint density at radius 2 is 2.23 bits per heavy atom. The molecule has 4 rings (SSSR count). The summed E-state index contributed by atoms with van der Waals surface area (Å²) in [6, 6.07) is 4.62. The molecule has 0 saturated heterocycles. The van der Waals surface area contributed by atoms with E-state index >= 15 is 0 Å². The van der Waals surface area contributed by atoms with E-state index in [4.69, 9.17) is 9.26 Å². The molecular weight excluding hydrogens is 359 g/mol. The fourth-order valence-electron chi connectivity index (χ4n) is 2.73. The number of methoxy groups -OCH3 is 1. The molecule has 0 aliphatic rings. The van der Waals surface area contributed by atoms with Gasteiger partial charge in [-0.25, -0.2) is 9.37 Å². The van der Waals surface area contributed by atoms with Crippen LogP contribution in [0.3, 0.4) is 0 Å². The number of halogens is 1. The summed E-state index contributed by atoms with van der Waals surface area (Å²) in [6.45, 7) is 1.83. The number of hydrogen-bond acceptors (Lipinski definition) is 7. The van der Waals surface area contributed by atoms with E-state index in [9.17, 15) is 9.18 Å². The molecule has 0 N–H and O–H groups in total. The zero-order valence-corrected chi connectivity index (χ0v) is 14.7. The van der Waals surface area contributed by atoms with Crippen molar-refractivity contribution in [2.75, 3.05) is 7.11 Å². The van der Waals surface area contributed by atoms with Crippen LogP contribution in [0.2, 0.25) is 0 Å². The molecule has 0 radical (unpaired) electrons. The van der Waals surface area contributed by atoms with Crippen molar-refractivity contribution in [3.8, 4) is 11.6 Å². The summed E-state index contributed by atoms with van der Waals surface area (Å²) in [6.07, 6.45) is 1.58. The molecule has 0 fully saturated rings. The number of carbonyl (C=O) groups is 1. The van der Waals surface area contributed by atoms with Crippen LogP contribution in [0, 0.1) is 12.7 Å². The van der Waals surface area contributed by atoms with E-state index in [2.05, 4.69) is 15.1 Å². The van der Waals surface area contributed by atoms with Gasteiger partial charge in [0, 0.05) is 24.1 Å². The highest BCUT2D eigenvalue weighted by molar-refractivity contribution is 7.12. The average Bonchev–Trinajstić information content (AvgIpc) is 3.33. The monoisotopic (exact) mass is 372 g/mol. The Bertz CT molecular complexity index is 1110. The number of nitrogens with zero attached hydrogens (tertiary/aromatic N) is 4. The third kappa shape index (κ3) is 2.71. The van der Waals surface area contributed by atoms with Gasteiger partial charge in [-0.1, -0.05) is 17.3 Å². The van der Waals surface area contributed by atoms with Gasteiger partial charge in [0.25, 0.3) is 5.89 Å².